The number of rotatable bonds is 4. The number of carbonyl (C=O) groups is 3. The third-order valence-corrected chi connectivity index (χ3v) is 6.34. The lowest BCUT2D eigenvalue weighted by molar-refractivity contribution is -0.136. The van der Waals surface area contributed by atoms with E-state index >= 15 is 0 Å². The van der Waals surface area contributed by atoms with Gasteiger partial charge in [0.1, 0.15) is 12.1 Å². The fourth-order valence-corrected chi connectivity index (χ4v) is 4.55. The van der Waals surface area contributed by atoms with Gasteiger partial charge in [0.2, 0.25) is 5.91 Å². The molecule has 1 aliphatic heterocycles. The van der Waals surface area contributed by atoms with Crippen molar-refractivity contribution in [1.29, 1.82) is 0 Å². The zero-order valence-electron chi connectivity index (χ0n) is 16.9. The SMILES string of the molecule is CC1CCC2(CC1)NC(=O)N(CC(=O)N[C@@H](C)c1cccc3ccccc13)C2=O. The van der Waals surface area contributed by atoms with Crippen molar-refractivity contribution in [1.82, 2.24) is 15.5 Å². The summed E-state index contributed by atoms with van der Waals surface area (Å²) in [5, 5.41) is 7.99. The van der Waals surface area contributed by atoms with E-state index in [1.54, 1.807) is 0 Å². The fraction of sp³-hybridized carbons (Fsp3) is 0.435. The Balaban J connectivity index is 1.44. The van der Waals surface area contributed by atoms with Crippen molar-refractivity contribution >= 4 is 28.6 Å². The second-order valence-corrected chi connectivity index (χ2v) is 8.44. The molecule has 1 spiro atoms. The number of benzene rings is 2. The lowest BCUT2D eigenvalue weighted by Gasteiger charge is -2.33. The lowest BCUT2D eigenvalue weighted by atomic mass is 9.77. The molecule has 1 atom stereocenters. The van der Waals surface area contributed by atoms with Crippen LogP contribution in [0.2, 0.25) is 0 Å². The predicted molar refractivity (Wildman–Crippen MR) is 111 cm³/mol. The minimum Gasteiger partial charge on any atom is -0.348 e. The minimum absolute atomic E-state index is 0.237. The zero-order valence-corrected chi connectivity index (χ0v) is 16.9. The second-order valence-electron chi connectivity index (χ2n) is 8.44. The van der Waals surface area contributed by atoms with Crippen LogP contribution < -0.4 is 10.6 Å². The van der Waals surface area contributed by atoms with E-state index in [0.29, 0.717) is 18.8 Å². The van der Waals surface area contributed by atoms with Crippen LogP contribution in [0.4, 0.5) is 4.79 Å². The molecule has 152 valence electrons. The number of nitrogens with zero attached hydrogens (tertiary/aromatic N) is 1. The summed E-state index contributed by atoms with van der Waals surface area (Å²) in [5.74, 6) is -0.0400. The Kier molecular flexibility index (Phi) is 5.03. The lowest BCUT2D eigenvalue weighted by Crippen LogP contribution is -2.50. The van der Waals surface area contributed by atoms with Gasteiger partial charge in [0.15, 0.2) is 0 Å². The van der Waals surface area contributed by atoms with Gasteiger partial charge in [-0.3, -0.25) is 14.5 Å². The highest BCUT2D eigenvalue weighted by atomic mass is 16.2. The Labute approximate surface area is 170 Å². The first-order valence-corrected chi connectivity index (χ1v) is 10.3. The summed E-state index contributed by atoms with van der Waals surface area (Å²) < 4.78 is 0. The van der Waals surface area contributed by atoms with E-state index in [1.807, 2.05) is 49.4 Å². The maximum absolute atomic E-state index is 12.9. The molecule has 2 aliphatic rings. The molecule has 0 aromatic heterocycles. The molecular weight excluding hydrogens is 366 g/mol. The van der Waals surface area contributed by atoms with Crippen molar-refractivity contribution in [3.63, 3.8) is 0 Å². The summed E-state index contributed by atoms with van der Waals surface area (Å²) in [6.07, 6.45) is 3.10. The average molecular weight is 393 g/mol. The molecule has 2 fully saturated rings. The van der Waals surface area contributed by atoms with Crippen molar-refractivity contribution in [2.45, 2.75) is 51.1 Å². The number of hydrogen-bond acceptors (Lipinski definition) is 3. The molecule has 4 amide bonds. The van der Waals surface area contributed by atoms with E-state index in [0.717, 1.165) is 34.1 Å². The Bertz CT molecular complexity index is 957. The molecule has 1 aliphatic carbocycles. The summed E-state index contributed by atoms with van der Waals surface area (Å²) in [4.78, 5) is 39.1. The van der Waals surface area contributed by atoms with Gasteiger partial charge in [0.25, 0.3) is 5.91 Å². The zero-order chi connectivity index (χ0) is 20.6. The van der Waals surface area contributed by atoms with Gasteiger partial charge in [-0.15, -0.1) is 0 Å². The van der Waals surface area contributed by atoms with E-state index < -0.39 is 11.6 Å². The molecule has 6 heteroatoms. The van der Waals surface area contributed by atoms with E-state index in [2.05, 4.69) is 17.6 Å². The van der Waals surface area contributed by atoms with Gasteiger partial charge in [0, 0.05) is 0 Å². The van der Waals surface area contributed by atoms with Crippen LogP contribution in [0.1, 0.15) is 51.1 Å². The molecule has 2 N–H and O–H groups in total. The topological polar surface area (TPSA) is 78.5 Å². The highest BCUT2D eigenvalue weighted by Crippen LogP contribution is 2.36. The van der Waals surface area contributed by atoms with Crippen LogP contribution in [0, 0.1) is 5.92 Å². The van der Waals surface area contributed by atoms with Gasteiger partial charge in [0.05, 0.1) is 6.04 Å². The smallest absolute Gasteiger partial charge is 0.325 e. The van der Waals surface area contributed by atoms with Crippen LogP contribution in [-0.2, 0) is 9.59 Å². The van der Waals surface area contributed by atoms with Gasteiger partial charge in [-0.05, 0) is 54.9 Å². The predicted octanol–water partition coefficient (Wildman–Crippen LogP) is 3.52. The highest BCUT2D eigenvalue weighted by molar-refractivity contribution is 6.09. The van der Waals surface area contributed by atoms with Gasteiger partial charge in [-0.25, -0.2) is 4.79 Å². The van der Waals surface area contributed by atoms with Crippen LogP contribution >= 0.6 is 0 Å². The molecule has 2 aromatic carbocycles. The van der Waals surface area contributed by atoms with Crippen LogP contribution in [0.5, 0.6) is 0 Å². The van der Waals surface area contributed by atoms with Crippen LogP contribution in [0.25, 0.3) is 10.8 Å². The summed E-state index contributed by atoms with van der Waals surface area (Å²) in [7, 11) is 0. The second kappa shape index (κ2) is 7.50. The maximum atomic E-state index is 12.9. The largest absolute Gasteiger partial charge is 0.348 e. The fourth-order valence-electron chi connectivity index (χ4n) is 4.55. The number of fused-ring (bicyclic) bond motifs is 1. The summed E-state index contributed by atoms with van der Waals surface area (Å²) >= 11 is 0. The molecule has 0 bridgehead atoms. The number of nitrogens with one attached hydrogen (secondary N) is 2. The molecule has 1 saturated carbocycles. The van der Waals surface area contributed by atoms with Crippen molar-refractivity contribution in [3.8, 4) is 0 Å². The van der Waals surface area contributed by atoms with E-state index in [-0.39, 0.29) is 24.4 Å². The Morgan fingerprint density at radius 2 is 1.86 bits per heavy atom. The number of urea groups is 1. The molecule has 4 rings (SSSR count). The quantitative estimate of drug-likeness (QED) is 0.780. The average Bonchev–Trinajstić information content (AvgIpc) is 2.94. The summed E-state index contributed by atoms with van der Waals surface area (Å²) in [6.45, 7) is 3.82. The summed E-state index contributed by atoms with van der Waals surface area (Å²) in [5.41, 5.74) is 0.192. The number of imide groups is 1. The first-order valence-electron chi connectivity index (χ1n) is 10.3. The highest BCUT2D eigenvalue weighted by Gasteiger charge is 2.52. The van der Waals surface area contributed by atoms with E-state index in [4.69, 9.17) is 0 Å². The van der Waals surface area contributed by atoms with Crippen molar-refractivity contribution in [3.05, 3.63) is 48.0 Å². The molecule has 0 radical (unpaired) electrons. The molecule has 1 heterocycles. The van der Waals surface area contributed by atoms with Crippen LogP contribution in [0.3, 0.4) is 0 Å². The normalized spacial score (nSPS) is 25.3. The van der Waals surface area contributed by atoms with Crippen molar-refractivity contribution in [2.75, 3.05) is 6.54 Å². The van der Waals surface area contributed by atoms with E-state index in [9.17, 15) is 14.4 Å². The number of amides is 4. The minimum atomic E-state index is -0.814. The molecular formula is C23H27N3O3. The van der Waals surface area contributed by atoms with Gasteiger partial charge >= 0.3 is 6.03 Å². The van der Waals surface area contributed by atoms with E-state index in [1.165, 1.54) is 0 Å². The van der Waals surface area contributed by atoms with Crippen molar-refractivity contribution in [2.24, 2.45) is 5.92 Å². The monoisotopic (exact) mass is 393 g/mol. The van der Waals surface area contributed by atoms with Crippen LogP contribution in [0.15, 0.2) is 42.5 Å². The van der Waals surface area contributed by atoms with Gasteiger partial charge < -0.3 is 10.6 Å². The Morgan fingerprint density at radius 1 is 1.17 bits per heavy atom. The maximum Gasteiger partial charge on any atom is 0.325 e. The third-order valence-electron chi connectivity index (χ3n) is 6.34. The first-order chi connectivity index (χ1) is 13.9. The Hall–Kier alpha value is -2.89. The van der Waals surface area contributed by atoms with Gasteiger partial charge in [-0.1, -0.05) is 49.4 Å². The number of carbonyl (C=O) groups excluding carboxylic acids is 3. The summed E-state index contributed by atoms with van der Waals surface area (Å²) in [6, 6.07) is 13.3. The molecule has 2 aromatic rings. The molecule has 0 unspecified atom stereocenters. The molecule has 29 heavy (non-hydrogen) atoms. The standard InChI is InChI=1S/C23H27N3O3/c1-15-10-12-23(13-11-15)21(28)26(22(29)25-23)14-20(27)24-16(2)18-9-5-7-17-6-3-4-8-19(17)18/h3-9,15-16H,10-14H2,1-2H3,(H,24,27)(H,25,29)/t15?,16-,23?/m0/s1. The first kappa shape index (κ1) is 19.4. The van der Waals surface area contributed by atoms with Crippen LogP contribution in [-0.4, -0.2) is 34.8 Å². The van der Waals surface area contributed by atoms with Crippen molar-refractivity contribution < 1.29 is 14.4 Å². The Morgan fingerprint density at radius 3 is 2.62 bits per heavy atom. The molecule has 6 nitrogen and oxygen atoms in total. The number of hydrogen-bond donors (Lipinski definition) is 2. The van der Waals surface area contributed by atoms with Gasteiger partial charge in [-0.2, -0.15) is 0 Å². The third kappa shape index (κ3) is 3.59. The molecule has 1 saturated heterocycles.